The molecule has 0 aliphatic carbocycles. The standard InChI is InChI=1S/C16H13Cl2N3O4/c1-10(25-14-8-3-2-7-13(14)21(23)24)16(22)20-19-9-11-5-4-6-12(17)15(11)18/h2-10H,1H3,(H,20,22)/b19-9-/t10-/m0/s1. The van der Waals surface area contributed by atoms with Crippen LogP contribution in [0, 0.1) is 10.1 Å². The van der Waals surface area contributed by atoms with Crippen molar-refractivity contribution in [2.24, 2.45) is 5.10 Å². The van der Waals surface area contributed by atoms with E-state index < -0.39 is 16.9 Å². The van der Waals surface area contributed by atoms with Crippen molar-refractivity contribution in [1.82, 2.24) is 5.43 Å². The average molecular weight is 382 g/mol. The lowest BCUT2D eigenvalue weighted by molar-refractivity contribution is -0.386. The Balaban J connectivity index is 2.00. The second-order valence-corrected chi connectivity index (χ2v) is 5.65. The summed E-state index contributed by atoms with van der Waals surface area (Å²) in [5.74, 6) is -0.579. The Kier molecular flexibility index (Phi) is 6.32. The van der Waals surface area contributed by atoms with Crippen LogP contribution in [-0.4, -0.2) is 23.1 Å². The summed E-state index contributed by atoms with van der Waals surface area (Å²) < 4.78 is 5.34. The molecule has 0 spiro atoms. The highest BCUT2D eigenvalue weighted by atomic mass is 35.5. The van der Waals surface area contributed by atoms with E-state index in [9.17, 15) is 14.9 Å². The fourth-order valence-corrected chi connectivity index (χ4v) is 2.18. The highest BCUT2D eigenvalue weighted by Gasteiger charge is 2.20. The number of ether oxygens (including phenoxy) is 1. The van der Waals surface area contributed by atoms with Gasteiger partial charge in [-0.05, 0) is 19.1 Å². The van der Waals surface area contributed by atoms with Gasteiger partial charge in [0.15, 0.2) is 11.9 Å². The molecular weight excluding hydrogens is 369 g/mol. The molecule has 0 fully saturated rings. The minimum absolute atomic E-state index is 0.00276. The van der Waals surface area contributed by atoms with E-state index in [1.807, 2.05) is 0 Å². The number of amides is 1. The average Bonchev–Trinajstić information content (AvgIpc) is 2.58. The van der Waals surface area contributed by atoms with Crippen LogP contribution in [0.4, 0.5) is 5.69 Å². The molecule has 2 rings (SSSR count). The Hall–Kier alpha value is -2.64. The molecule has 0 unspecified atom stereocenters. The van der Waals surface area contributed by atoms with Gasteiger partial charge in [0.1, 0.15) is 0 Å². The van der Waals surface area contributed by atoms with Crippen LogP contribution < -0.4 is 10.2 Å². The number of nitrogens with zero attached hydrogens (tertiary/aromatic N) is 2. The number of hydrogen-bond donors (Lipinski definition) is 1. The third-order valence-corrected chi connectivity index (χ3v) is 3.93. The second-order valence-electron chi connectivity index (χ2n) is 4.86. The molecule has 2 aromatic carbocycles. The van der Waals surface area contributed by atoms with E-state index in [-0.39, 0.29) is 11.4 Å². The Labute approximate surface area is 153 Å². The monoisotopic (exact) mass is 381 g/mol. The number of rotatable bonds is 6. The maximum absolute atomic E-state index is 12.0. The van der Waals surface area contributed by atoms with E-state index in [4.69, 9.17) is 27.9 Å². The molecule has 2 aromatic rings. The molecule has 0 saturated heterocycles. The van der Waals surface area contributed by atoms with Crippen molar-refractivity contribution in [3.63, 3.8) is 0 Å². The first-order valence-electron chi connectivity index (χ1n) is 7.07. The number of nitro groups is 1. The largest absolute Gasteiger partial charge is 0.474 e. The predicted molar refractivity (Wildman–Crippen MR) is 95.4 cm³/mol. The number of carbonyl (C=O) groups excluding carboxylic acids is 1. The molecule has 7 nitrogen and oxygen atoms in total. The van der Waals surface area contributed by atoms with Gasteiger partial charge in [-0.2, -0.15) is 5.10 Å². The smallest absolute Gasteiger partial charge is 0.310 e. The number of benzene rings is 2. The summed E-state index contributed by atoms with van der Waals surface area (Å²) in [6, 6.07) is 10.8. The summed E-state index contributed by atoms with van der Waals surface area (Å²) in [6.45, 7) is 1.45. The zero-order valence-corrected chi connectivity index (χ0v) is 14.5. The van der Waals surface area contributed by atoms with Crippen LogP contribution in [-0.2, 0) is 4.79 Å². The predicted octanol–water partition coefficient (Wildman–Crippen LogP) is 3.82. The molecule has 25 heavy (non-hydrogen) atoms. The minimum Gasteiger partial charge on any atom is -0.474 e. The molecule has 1 N–H and O–H groups in total. The van der Waals surface area contributed by atoms with Gasteiger partial charge in [0.05, 0.1) is 21.2 Å². The minimum atomic E-state index is -0.993. The molecule has 0 bridgehead atoms. The highest BCUT2D eigenvalue weighted by molar-refractivity contribution is 6.43. The summed E-state index contributed by atoms with van der Waals surface area (Å²) in [5, 5.41) is 15.4. The fraction of sp³-hybridized carbons (Fsp3) is 0.125. The van der Waals surface area contributed by atoms with Crippen molar-refractivity contribution in [3.05, 3.63) is 68.2 Å². The van der Waals surface area contributed by atoms with Crippen molar-refractivity contribution < 1.29 is 14.5 Å². The Morgan fingerprint density at radius 1 is 1.28 bits per heavy atom. The Morgan fingerprint density at radius 3 is 2.72 bits per heavy atom. The topological polar surface area (TPSA) is 93.8 Å². The van der Waals surface area contributed by atoms with Gasteiger partial charge in [-0.3, -0.25) is 14.9 Å². The number of carbonyl (C=O) groups is 1. The van der Waals surface area contributed by atoms with Gasteiger partial charge in [0, 0.05) is 11.6 Å². The number of hydrogen-bond acceptors (Lipinski definition) is 5. The highest BCUT2D eigenvalue weighted by Crippen LogP contribution is 2.27. The van der Waals surface area contributed by atoms with Crippen molar-refractivity contribution in [2.45, 2.75) is 13.0 Å². The van der Waals surface area contributed by atoms with Gasteiger partial charge in [0.2, 0.25) is 0 Å². The lowest BCUT2D eigenvalue weighted by Crippen LogP contribution is -2.33. The SMILES string of the molecule is C[C@H](Oc1ccccc1[N+](=O)[O-])C(=O)N/N=C\c1cccc(Cl)c1Cl. The molecule has 130 valence electrons. The normalized spacial score (nSPS) is 12.0. The molecule has 1 atom stereocenters. The number of para-hydroxylation sites is 2. The molecule has 0 aromatic heterocycles. The third-order valence-electron chi connectivity index (χ3n) is 3.09. The van der Waals surface area contributed by atoms with Crippen molar-refractivity contribution in [3.8, 4) is 5.75 Å². The second kappa shape index (κ2) is 8.46. The van der Waals surface area contributed by atoms with E-state index in [1.54, 1.807) is 24.3 Å². The van der Waals surface area contributed by atoms with E-state index in [0.29, 0.717) is 15.6 Å². The van der Waals surface area contributed by atoms with Gasteiger partial charge < -0.3 is 4.74 Å². The van der Waals surface area contributed by atoms with Crippen LogP contribution in [0.15, 0.2) is 47.6 Å². The van der Waals surface area contributed by atoms with Crippen molar-refractivity contribution in [2.75, 3.05) is 0 Å². The van der Waals surface area contributed by atoms with E-state index in [2.05, 4.69) is 10.5 Å². The summed E-state index contributed by atoms with van der Waals surface area (Å²) in [4.78, 5) is 22.3. The van der Waals surface area contributed by atoms with E-state index in [1.165, 1.54) is 31.3 Å². The number of halogens is 2. The summed E-state index contributed by atoms with van der Waals surface area (Å²) in [7, 11) is 0. The summed E-state index contributed by atoms with van der Waals surface area (Å²) >= 11 is 11.9. The lowest BCUT2D eigenvalue weighted by Gasteiger charge is -2.12. The van der Waals surface area contributed by atoms with Crippen molar-refractivity contribution >= 4 is 41.0 Å². The summed E-state index contributed by atoms with van der Waals surface area (Å²) in [6.07, 6.45) is 0.345. The third kappa shape index (κ3) is 4.91. The molecule has 0 saturated carbocycles. The van der Waals surface area contributed by atoms with Gasteiger partial charge in [-0.15, -0.1) is 0 Å². The molecule has 0 aliphatic rings. The fourth-order valence-electron chi connectivity index (χ4n) is 1.83. The number of nitrogens with one attached hydrogen (secondary N) is 1. The maximum Gasteiger partial charge on any atom is 0.310 e. The molecule has 9 heteroatoms. The molecular formula is C16H13Cl2N3O4. The molecule has 0 heterocycles. The van der Waals surface area contributed by atoms with E-state index in [0.717, 1.165) is 0 Å². The lowest BCUT2D eigenvalue weighted by atomic mass is 10.2. The van der Waals surface area contributed by atoms with Crippen LogP contribution in [0.2, 0.25) is 10.0 Å². The quantitative estimate of drug-likeness (QED) is 0.467. The maximum atomic E-state index is 12.0. The van der Waals surface area contributed by atoms with Crippen LogP contribution in [0.5, 0.6) is 5.75 Å². The molecule has 0 radical (unpaired) electrons. The van der Waals surface area contributed by atoms with Crippen LogP contribution in [0.25, 0.3) is 0 Å². The zero-order chi connectivity index (χ0) is 18.4. The molecule has 1 amide bonds. The Bertz CT molecular complexity index is 827. The van der Waals surface area contributed by atoms with Crippen LogP contribution in [0.3, 0.4) is 0 Å². The van der Waals surface area contributed by atoms with Gasteiger partial charge in [0.25, 0.3) is 5.91 Å². The van der Waals surface area contributed by atoms with Gasteiger partial charge >= 0.3 is 5.69 Å². The van der Waals surface area contributed by atoms with E-state index >= 15 is 0 Å². The number of nitro benzene ring substituents is 1. The first-order valence-corrected chi connectivity index (χ1v) is 7.82. The Morgan fingerprint density at radius 2 is 2.00 bits per heavy atom. The van der Waals surface area contributed by atoms with Gasteiger partial charge in [-0.1, -0.05) is 47.5 Å². The summed E-state index contributed by atoms with van der Waals surface area (Å²) in [5.41, 5.74) is 2.58. The number of hydrazone groups is 1. The zero-order valence-electron chi connectivity index (χ0n) is 13.0. The first kappa shape index (κ1) is 18.7. The van der Waals surface area contributed by atoms with Crippen LogP contribution >= 0.6 is 23.2 Å². The van der Waals surface area contributed by atoms with Gasteiger partial charge in [-0.25, -0.2) is 5.43 Å². The first-order chi connectivity index (χ1) is 11.9. The van der Waals surface area contributed by atoms with Crippen molar-refractivity contribution in [1.29, 1.82) is 0 Å². The van der Waals surface area contributed by atoms with Crippen LogP contribution in [0.1, 0.15) is 12.5 Å². The molecule has 0 aliphatic heterocycles.